The summed E-state index contributed by atoms with van der Waals surface area (Å²) in [5, 5.41) is 11.1. The van der Waals surface area contributed by atoms with Gasteiger partial charge in [-0.05, 0) is 24.5 Å². The van der Waals surface area contributed by atoms with Crippen molar-refractivity contribution < 1.29 is 4.79 Å². The molecule has 0 saturated heterocycles. The van der Waals surface area contributed by atoms with E-state index >= 15 is 0 Å². The minimum Gasteiger partial charge on any atom is -0.325 e. The van der Waals surface area contributed by atoms with Crippen molar-refractivity contribution >= 4 is 5.78 Å². The van der Waals surface area contributed by atoms with Gasteiger partial charge in [-0.1, -0.05) is 0 Å². The van der Waals surface area contributed by atoms with Gasteiger partial charge in [-0.25, -0.2) is 0 Å². The van der Waals surface area contributed by atoms with Gasteiger partial charge in [0, 0.05) is 12.0 Å². The molecule has 0 aromatic carbocycles. The minimum atomic E-state index is -0.309. The Bertz CT molecular complexity index is 354. The molecule has 6 nitrogen and oxygen atoms in total. The van der Waals surface area contributed by atoms with Crippen LogP contribution in [0.1, 0.15) is 36.3 Å². The highest BCUT2D eigenvalue weighted by molar-refractivity contribution is 5.93. The largest absolute Gasteiger partial charge is 0.325 e. The van der Waals surface area contributed by atoms with E-state index in [-0.39, 0.29) is 17.1 Å². The van der Waals surface area contributed by atoms with Gasteiger partial charge in [0.25, 0.3) is 0 Å². The van der Waals surface area contributed by atoms with E-state index in [1.165, 1.54) is 4.80 Å². The zero-order valence-corrected chi connectivity index (χ0v) is 8.10. The summed E-state index contributed by atoms with van der Waals surface area (Å²) in [5.41, 5.74) is 5.64. The summed E-state index contributed by atoms with van der Waals surface area (Å²) in [6.45, 7) is 0. The summed E-state index contributed by atoms with van der Waals surface area (Å²) in [6, 6.07) is 0. The Morgan fingerprint density at radius 1 is 1.64 bits per heavy atom. The van der Waals surface area contributed by atoms with Gasteiger partial charge < -0.3 is 5.73 Å². The normalized spacial score (nSPS) is 19.0. The molecule has 1 aromatic rings. The van der Waals surface area contributed by atoms with Gasteiger partial charge in [0.15, 0.2) is 0 Å². The number of carbonyl (C=O) groups excluding carboxylic acids is 1. The van der Waals surface area contributed by atoms with Gasteiger partial charge in [0.2, 0.25) is 11.6 Å². The smallest absolute Gasteiger partial charge is 0.240 e. The quantitative estimate of drug-likeness (QED) is 0.667. The molecule has 0 atom stereocenters. The van der Waals surface area contributed by atoms with Crippen LogP contribution < -0.4 is 5.73 Å². The summed E-state index contributed by atoms with van der Waals surface area (Å²) in [7, 11) is 1.63. The zero-order valence-electron chi connectivity index (χ0n) is 8.10. The summed E-state index contributed by atoms with van der Waals surface area (Å²) >= 11 is 0. The second-order valence-corrected chi connectivity index (χ2v) is 3.92. The number of hydrogen-bond donors (Lipinski definition) is 1. The van der Waals surface area contributed by atoms with Crippen molar-refractivity contribution in [3.8, 4) is 0 Å². The Kier molecular flexibility index (Phi) is 2.07. The van der Waals surface area contributed by atoms with Crippen LogP contribution >= 0.6 is 0 Å². The van der Waals surface area contributed by atoms with Crippen LogP contribution in [0.15, 0.2) is 0 Å². The van der Waals surface area contributed by atoms with Gasteiger partial charge >= 0.3 is 0 Å². The Morgan fingerprint density at radius 3 is 2.79 bits per heavy atom. The Labute approximate surface area is 81.5 Å². The lowest BCUT2D eigenvalue weighted by Gasteiger charge is -2.37. The molecule has 1 heterocycles. The van der Waals surface area contributed by atoms with Gasteiger partial charge in [0.05, 0.1) is 7.05 Å². The summed E-state index contributed by atoms with van der Waals surface area (Å²) in [5.74, 6) is 0.0597. The Hall–Kier alpha value is -1.30. The molecular weight excluding hydrogens is 182 g/mol. The molecule has 1 aliphatic carbocycles. The third-order valence-electron chi connectivity index (χ3n) is 2.62. The maximum Gasteiger partial charge on any atom is 0.240 e. The highest BCUT2D eigenvalue weighted by Gasteiger charge is 2.35. The van der Waals surface area contributed by atoms with Crippen molar-refractivity contribution in [2.45, 2.75) is 31.2 Å². The van der Waals surface area contributed by atoms with E-state index in [1.807, 2.05) is 0 Å². The fourth-order valence-electron chi connectivity index (χ4n) is 1.60. The lowest BCUT2D eigenvalue weighted by Crippen LogP contribution is -2.48. The summed E-state index contributed by atoms with van der Waals surface area (Å²) in [4.78, 5) is 12.9. The first kappa shape index (κ1) is 9.26. The Balaban J connectivity index is 2.02. The molecule has 0 bridgehead atoms. The highest BCUT2D eigenvalue weighted by atomic mass is 16.1. The zero-order chi connectivity index (χ0) is 10.2. The average molecular weight is 195 g/mol. The number of aromatic nitrogens is 4. The Morgan fingerprint density at radius 2 is 2.36 bits per heavy atom. The molecule has 0 amide bonds. The molecule has 2 rings (SSSR count). The molecule has 0 radical (unpaired) electrons. The number of Topliss-reactive ketones (excluding diaryl/α,β-unsaturated/α-hetero) is 1. The molecule has 14 heavy (non-hydrogen) atoms. The molecule has 0 unspecified atom stereocenters. The van der Waals surface area contributed by atoms with Crippen LogP contribution in [0.25, 0.3) is 0 Å². The van der Waals surface area contributed by atoms with Crippen molar-refractivity contribution in [1.82, 2.24) is 20.2 Å². The van der Waals surface area contributed by atoms with Crippen molar-refractivity contribution in [3.63, 3.8) is 0 Å². The van der Waals surface area contributed by atoms with Gasteiger partial charge in [-0.15, -0.1) is 10.2 Å². The van der Waals surface area contributed by atoms with Crippen LogP contribution in [0.2, 0.25) is 0 Å². The molecule has 2 N–H and O–H groups in total. The van der Waals surface area contributed by atoms with E-state index in [2.05, 4.69) is 15.4 Å². The van der Waals surface area contributed by atoms with E-state index in [0.29, 0.717) is 6.42 Å². The number of rotatable bonds is 3. The van der Waals surface area contributed by atoms with Crippen LogP contribution in [0.5, 0.6) is 0 Å². The number of nitrogens with zero attached hydrogens (tertiary/aromatic N) is 4. The number of ketones is 1. The monoisotopic (exact) mass is 195 g/mol. The lowest BCUT2D eigenvalue weighted by atomic mass is 9.74. The van der Waals surface area contributed by atoms with Crippen molar-refractivity contribution in [2.75, 3.05) is 0 Å². The maximum absolute atomic E-state index is 11.6. The summed E-state index contributed by atoms with van der Waals surface area (Å²) < 4.78 is 0. The van der Waals surface area contributed by atoms with Crippen LogP contribution in [0.3, 0.4) is 0 Å². The van der Waals surface area contributed by atoms with Gasteiger partial charge in [0.1, 0.15) is 0 Å². The van der Waals surface area contributed by atoms with Crippen LogP contribution in [0.4, 0.5) is 0 Å². The first-order chi connectivity index (χ1) is 6.59. The number of hydrogen-bond acceptors (Lipinski definition) is 5. The van der Waals surface area contributed by atoms with Crippen molar-refractivity contribution in [2.24, 2.45) is 12.8 Å². The predicted octanol–water partition coefficient (Wildman–Crippen LogP) is -0.336. The van der Waals surface area contributed by atoms with Crippen molar-refractivity contribution in [1.29, 1.82) is 0 Å². The molecule has 1 aliphatic rings. The molecule has 6 heteroatoms. The molecule has 0 spiro atoms. The number of nitrogens with two attached hydrogens (primary N) is 1. The third-order valence-corrected chi connectivity index (χ3v) is 2.62. The third kappa shape index (κ3) is 1.65. The van der Waals surface area contributed by atoms with E-state index in [0.717, 1.165) is 19.3 Å². The fourth-order valence-corrected chi connectivity index (χ4v) is 1.60. The van der Waals surface area contributed by atoms with Crippen LogP contribution in [0, 0.1) is 0 Å². The number of carbonyl (C=O) groups is 1. The van der Waals surface area contributed by atoms with Gasteiger partial charge in [-0.3, -0.25) is 4.79 Å². The molecule has 0 aliphatic heterocycles. The first-order valence-electron chi connectivity index (χ1n) is 4.65. The number of aryl methyl sites for hydroxylation is 1. The minimum absolute atomic E-state index is 0.111. The van der Waals surface area contributed by atoms with Crippen molar-refractivity contribution in [3.05, 3.63) is 5.82 Å². The van der Waals surface area contributed by atoms with E-state index in [1.54, 1.807) is 7.05 Å². The fraction of sp³-hybridized carbons (Fsp3) is 0.750. The first-order valence-corrected chi connectivity index (χ1v) is 4.65. The van der Waals surface area contributed by atoms with Crippen LogP contribution in [-0.4, -0.2) is 31.5 Å². The molecule has 1 saturated carbocycles. The molecule has 1 fully saturated rings. The molecule has 76 valence electrons. The van der Waals surface area contributed by atoms with E-state index in [9.17, 15) is 4.79 Å². The number of tetrazole rings is 1. The highest BCUT2D eigenvalue weighted by Crippen LogP contribution is 2.32. The topological polar surface area (TPSA) is 86.7 Å². The average Bonchev–Trinajstić information content (AvgIpc) is 2.49. The van der Waals surface area contributed by atoms with Gasteiger partial charge in [-0.2, -0.15) is 4.80 Å². The lowest BCUT2D eigenvalue weighted by molar-refractivity contribution is 0.0901. The summed E-state index contributed by atoms with van der Waals surface area (Å²) in [6.07, 6.45) is 3.27. The predicted molar refractivity (Wildman–Crippen MR) is 48.5 cm³/mol. The molecule has 1 aromatic heterocycles. The maximum atomic E-state index is 11.6. The van der Waals surface area contributed by atoms with E-state index < -0.39 is 0 Å². The second kappa shape index (κ2) is 3.13. The molecular formula is C8H13N5O. The SMILES string of the molecule is Cn1nnc(C(=O)CC2(N)CCC2)n1. The second-order valence-electron chi connectivity index (χ2n) is 3.92. The standard InChI is InChI=1S/C8H13N5O/c1-13-11-7(10-12-13)6(14)5-8(9)3-2-4-8/h2-5,9H2,1H3. The van der Waals surface area contributed by atoms with E-state index in [4.69, 9.17) is 5.73 Å². The van der Waals surface area contributed by atoms with Crippen LogP contribution in [-0.2, 0) is 7.05 Å².